The summed E-state index contributed by atoms with van der Waals surface area (Å²) in [6.07, 6.45) is 6.49. The summed E-state index contributed by atoms with van der Waals surface area (Å²) in [6, 6.07) is 4.51. The number of thiophene rings is 1. The molecular weight excluding hydrogens is 346 g/mol. The summed E-state index contributed by atoms with van der Waals surface area (Å²) in [6.45, 7) is 2.61. The first-order valence-electron chi connectivity index (χ1n) is 8.51. The molecule has 2 aliphatic heterocycles. The monoisotopic (exact) mass is 371 g/mol. The lowest BCUT2D eigenvalue weighted by molar-refractivity contribution is 0.0919. The maximum Gasteiger partial charge on any atom is 0.261 e. The third kappa shape index (κ3) is 4.56. The van der Waals surface area contributed by atoms with Gasteiger partial charge in [-0.15, -0.1) is 11.3 Å². The van der Waals surface area contributed by atoms with Crippen molar-refractivity contribution in [3.63, 3.8) is 0 Å². The molecule has 1 aromatic heterocycles. The summed E-state index contributed by atoms with van der Waals surface area (Å²) in [5.74, 6) is -0.000235. The Morgan fingerprint density at radius 2 is 2.12 bits per heavy atom. The molecule has 3 rings (SSSR count). The highest BCUT2D eigenvalue weighted by Crippen LogP contribution is 2.27. The summed E-state index contributed by atoms with van der Waals surface area (Å²) in [5.41, 5.74) is 0. The van der Waals surface area contributed by atoms with E-state index in [1.54, 1.807) is 0 Å². The van der Waals surface area contributed by atoms with Gasteiger partial charge < -0.3 is 5.32 Å². The first-order valence-corrected chi connectivity index (χ1v) is 11.2. The number of nitrogens with zero attached hydrogens (tertiary/aromatic N) is 1. The van der Waals surface area contributed by atoms with Crippen molar-refractivity contribution in [3.8, 4) is 0 Å². The molecule has 8 heteroatoms. The second kappa shape index (κ2) is 7.51. The van der Waals surface area contributed by atoms with Gasteiger partial charge in [0.15, 0.2) is 0 Å². The number of carbonyl (C=O) groups is 1. The molecule has 0 aliphatic carbocycles. The average Bonchev–Trinajstić information content (AvgIpc) is 3.14. The Kier molecular flexibility index (Phi) is 5.59. The van der Waals surface area contributed by atoms with Crippen molar-refractivity contribution < 1.29 is 13.2 Å². The predicted molar refractivity (Wildman–Crippen MR) is 96.0 cm³/mol. The van der Waals surface area contributed by atoms with Crippen molar-refractivity contribution in [1.82, 2.24) is 14.9 Å². The fourth-order valence-corrected chi connectivity index (χ4v) is 5.03. The van der Waals surface area contributed by atoms with Gasteiger partial charge in [0, 0.05) is 30.1 Å². The van der Waals surface area contributed by atoms with Crippen molar-refractivity contribution in [3.05, 3.63) is 21.9 Å². The largest absolute Gasteiger partial charge is 0.347 e. The molecule has 3 heterocycles. The van der Waals surface area contributed by atoms with Crippen LogP contribution in [0, 0.1) is 0 Å². The lowest BCUT2D eigenvalue weighted by Gasteiger charge is -2.32. The van der Waals surface area contributed by atoms with Gasteiger partial charge >= 0.3 is 0 Å². The van der Waals surface area contributed by atoms with Crippen molar-refractivity contribution in [1.29, 1.82) is 0 Å². The normalized spacial score (nSPS) is 24.7. The minimum absolute atomic E-state index is 0.000235. The number of hydrogen-bond acceptors (Lipinski definition) is 5. The summed E-state index contributed by atoms with van der Waals surface area (Å²) < 4.78 is 24.6. The molecule has 1 amide bonds. The van der Waals surface area contributed by atoms with Crippen molar-refractivity contribution >= 4 is 27.3 Å². The van der Waals surface area contributed by atoms with E-state index in [9.17, 15) is 13.2 Å². The average molecular weight is 372 g/mol. The van der Waals surface area contributed by atoms with Gasteiger partial charge in [-0.05, 0) is 44.4 Å². The van der Waals surface area contributed by atoms with Crippen LogP contribution >= 0.6 is 11.3 Å². The standard InChI is InChI=1S/C16H25N3O3S2/c1-24(21,22)17-9-7-12-5-6-15(23-12)16(20)18-13-8-11-19-10-3-2-4-14(13)19/h5-6,13-14,17H,2-4,7-11H2,1H3,(H,18,20)/t13-,14-/m0/s1. The highest BCUT2D eigenvalue weighted by molar-refractivity contribution is 7.88. The number of nitrogens with one attached hydrogen (secondary N) is 2. The lowest BCUT2D eigenvalue weighted by atomic mass is 9.99. The van der Waals surface area contributed by atoms with Gasteiger partial charge in [0.25, 0.3) is 5.91 Å². The zero-order valence-corrected chi connectivity index (χ0v) is 15.6. The zero-order valence-electron chi connectivity index (χ0n) is 14.0. The molecule has 2 N–H and O–H groups in total. The van der Waals surface area contributed by atoms with Crippen LogP contribution in [0.4, 0.5) is 0 Å². The Morgan fingerprint density at radius 3 is 2.92 bits per heavy atom. The van der Waals surface area contributed by atoms with Gasteiger partial charge in [0.05, 0.1) is 11.1 Å². The van der Waals surface area contributed by atoms with Crippen LogP contribution in [0.3, 0.4) is 0 Å². The fourth-order valence-electron chi connectivity index (χ4n) is 3.65. The van der Waals surface area contributed by atoms with Gasteiger partial charge in [-0.1, -0.05) is 6.42 Å². The van der Waals surface area contributed by atoms with Crippen LogP contribution < -0.4 is 10.0 Å². The van der Waals surface area contributed by atoms with Crippen molar-refractivity contribution in [2.24, 2.45) is 0 Å². The van der Waals surface area contributed by atoms with Gasteiger partial charge in [0.1, 0.15) is 0 Å². The molecule has 2 atom stereocenters. The third-order valence-corrected chi connectivity index (χ3v) is 6.67. The van der Waals surface area contributed by atoms with Gasteiger partial charge in [-0.3, -0.25) is 9.69 Å². The minimum Gasteiger partial charge on any atom is -0.347 e. The SMILES string of the molecule is CS(=O)(=O)NCCc1ccc(C(=O)N[C@H]2CCN3CCCC[C@@H]23)s1. The van der Waals surface area contributed by atoms with Crippen LogP contribution in [0.2, 0.25) is 0 Å². The summed E-state index contributed by atoms with van der Waals surface area (Å²) >= 11 is 1.44. The zero-order chi connectivity index (χ0) is 17.2. The summed E-state index contributed by atoms with van der Waals surface area (Å²) in [7, 11) is -3.16. The highest BCUT2D eigenvalue weighted by Gasteiger charge is 2.36. The van der Waals surface area contributed by atoms with E-state index in [0.717, 1.165) is 30.6 Å². The Hall–Kier alpha value is -0.960. The molecule has 0 spiro atoms. The molecule has 0 saturated carbocycles. The van der Waals surface area contributed by atoms with E-state index in [4.69, 9.17) is 0 Å². The molecule has 134 valence electrons. The van der Waals surface area contributed by atoms with Gasteiger partial charge in [-0.25, -0.2) is 13.1 Å². The molecule has 0 aromatic carbocycles. The van der Waals surface area contributed by atoms with E-state index < -0.39 is 10.0 Å². The number of hydrogen-bond donors (Lipinski definition) is 2. The molecule has 2 aliphatic rings. The third-order valence-electron chi connectivity index (χ3n) is 4.79. The number of rotatable bonds is 6. The first kappa shape index (κ1) is 17.8. The number of carbonyl (C=O) groups excluding carboxylic acids is 1. The Balaban J connectivity index is 1.52. The van der Waals surface area contributed by atoms with Crippen LogP contribution in [0.25, 0.3) is 0 Å². The molecule has 0 bridgehead atoms. The van der Waals surface area contributed by atoms with Crippen LogP contribution in [0.15, 0.2) is 12.1 Å². The molecule has 2 fully saturated rings. The summed E-state index contributed by atoms with van der Waals surface area (Å²) in [4.78, 5) is 16.7. The summed E-state index contributed by atoms with van der Waals surface area (Å²) in [5, 5.41) is 3.21. The molecule has 0 unspecified atom stereocenters. The molecular formula is C16H25N3O3S2. The smallest absolute Gasteiger partial charge is 0.261 e. The Morgan fingerprint density at radius 1 is 1.29 bits per heavy atom. The number of piperidine rings is 1. The van der Waals surface area contributed by atoms with E-state index in [1.165, 1.54) is 30.6 Å². The molecule has 6 nitrogen and oxygen atoms in total. The number of amides is 1. The quantitative estimate of drug-likeness (QED) is 0.788. The first-order chi connectivity index (χ1) is 11.4. The second-order valence-corrected chi connectivity index (χ2v) is 9.65. The fraction of sp³-hybridized carbons (Fsp3) is 0.688. The highest BCUT2D eigenvalue weighted by atomic mass is 32.2. The van der Waals surface area contributed by atoms with E-state index in [2.05, 4.69) is 14.9 Å². The van der Waals surface area contributed by atoms with Crippen LogP contribution in [-0.2, 0) is 16.4 Å². The second-order valence-electron chi connectivity index (χ2n) is 6.65. The maximum absolute atomic E-state index is 12.5. The molecule has 1 aromatic rings. The van der Waals surface area contributed by atoms with Crippen molar-refractivity contribution in [2.45, 2.75) is 44.2 Å². The minimum atomic E-state index is -3.16. The van der Waals surface area contributed by atoms with E-state index in [-0.39, 0.29) is 11.9 Å². The molecule has 0 radical (unpaired) electrons. The van der Waals surface area contributed by atoms with Gasteiger partial charge in [-0.2, -0.15) is 0 Å². The molecule has 24 heavy (non-hydrogen) atoms. The predicted octanol–water partition coefficient (Wildman–Crippen LogP) is 1.20. The van der Waals surface area contributed by atoms with E-state index in [0.29, 0.717) is 23.9 Å². The maximum atomic E-state index is 12.5. The van der Waals surface area contributed by atoms with Crippen LogP contribution in [-0.4, -0.2) is 57.2 Å². The van der Waals surface area contributed by atoms with Crippen molar-refractivity contribution in [2.75, 3.05) is 25.9 Å². The number of sulfonamides is 1. The Bertz CT molecular complexity index is 686. The molecule has 2 saturated heterocycles. The lowest BCUT2D eigenvalue weighted by Crippen LogP contribution is -2.46. The van der Waals surface area contributed by atoms with Gasteiger partial charge in [0.2, 0.25) is 10.0 Å². The topological polar surface area (TPSA) is 78.5 Å². The number of fused-ring (bicyclic) bond motifs is 1. The van der Waals surface area contributed by atoms with E-state index in [1.807, 2.05) is 12.1 Å². The van der Waals surface area contributed by atoms with Crippen LogP contribution in [0.5, 0.6) is 0 Å². The van der Waals surface area contributed by atoms with Crippen LogP contribution in [0.1, 0.15) is 40.2 Å². The van der Waals surface area contributed by atoms with E-state index >= 15 is 0 Å². The Labute approximate surface area is 147 Å².